The lowest BCUT2D eigenvalue weighted by molar-refractivity contribution is -0.126. The molecule has 0 atom stereocenters. The maximum atomic E-state index is 12.3. The standard InChI is InChI=1S/C19H22N2O3/c1-5-11-21(12-6-2)19(24)14(3)13-18(23)20-17-9-7-16(8-10-17)15(4)22/h5-10,13H,1-2,11-12H2,3-4H3,(H,20,23)/b14-13+. The van der Waals surface area contributed by atoms with Crippen molar-refractivity contribution in [1.29, 1.82) is 0 Å². The second kappa shape index (κ2) is 9.25. The zero-order valence-electron chi connectivity index (χ0n) is 14.0. The SMILES string of the molecule is C=CCN(CC=C)C(=O)/C(C)=C/C(=O)Nc1ccc(C(C)=O)cc1. The minimum atomic E-state index is -0.409. The largest absolute Gasteiger partial charge is 0.332 e. The van der Waals surface area contributed by atoms with Crippen molar-refractivity contribution >= 4 is 23.3 Å². The molecule has 0 saturated carbocycles. The Balaban J connectivity index is 2.77. The number of benzene rings is 1. The van der Waals surface area contributed by atoms with Gasteiger partial charge in [0, 0.05) is 36.0 Å². The van der Waals surface area contributed by atoms with Crippen LogP contribution in [0.4, 0.5) is 5.69 Å². The van der Waals surface area contributed by atoms with Crippen LogP contribution in [0.15, 0.2) is 61.2 Å². The molecule has 126 valence electrons. The number of ketones is 1. The highest BCUT2D eigenvalue weighted by Gasteiger charge is 2.14. The quantitative estimate of drug-likeness (QED) is 0.454. The number of carbonyl (C=O) groups is 3. The van der Waals surface area contributed by atoms with E-state index in [1.54, 1.807) is 43.3 Å². The summed E-state index contributed by atoms with van der Waals surface area (Å²) in [4.78, 5) is 37.0. The van der Waals surface area contributed by atoms with Crippen LogP contribution in [0.1, 0.15) is 24.2 Å². The number of nitrogens with one attached hydrogen (secondary N) is 1. The first-order valence-electron chi connectivity index (χ1n) is 7.50. The highest BCUT2D eigenvalue weighted by atomic mass is 16.2. The zero-order chi connectivity index (χ0) is 18.1. The molecule has 0 heterocycles. The molecule has 0 aliphatic carbocycles. The number of nitrogens with zero attached hydrogens (tertiary/aromatic N) is 1. The van der Waals surface area contributed by atoms with Gasteiger partial charge in [0.15, 0.2) is 5.78 Å². The van der Waals surface area contributed by atoms with Crippen LogP contribution in [0.25, 0.3) is 0 Å². The molecule has 0 aromatic heterocycles. The summed E-state index contributed by atoms with van der Waals surface area (Å²) in [5.74, 6) is -0.704. The van der Waals surface area contributed by atoms with Crippen LogP contribution >= 0.6 is 0 Å². The van der Waals surface area contributed by atoms with E-state index in [0.29, 0.717) is 29.9 Å². The molecular weight excluding hydrogens is 304 g/mol. The summed E-state index contributed by atoms with van der Waals surface area (Å²) in [6.07, 6.45) is 4.48. The van der Waals surface area contributed by atoms with Crippen molar-refractivity contribution in [2.45, 2.75) is 13.8 Å². The van der Waals surface area contributed by atoms with Crippen LogP contribution in [0, 0.1) is 0 Å². The number of carbonyl (C=O) groups excluding carboxylic acids is 3. The number of Topliss-reactive ketones (excluding diaryl/α,β-unsaturated/α-hetero) is 1. The molecule has 24 heavy (non-hydrogen) atoms. The Hall–Kier alpha value is -2.95. The summed E-state index contributed by atoms with van der Waals surface area (Å²) in [5, 5.41) is 2.66. The van der Waals surface area contributed by atoms with Crippen molar-refractivity contribution in [3.8, 4) is 0 Å². The lowest BCUT2D eigenvalue weighted by Gasteiger charge is -2.19. The van der Waals surface area contributed by atoms with Gasteiger partial charge in [0.1, 0.15) is 0 Å². The van der Waals surface area contributed by atoms with Gasteiger partial charge in [-0.15, -0.1) is 13.2 Å². The predicted octanol–water partition coefficient (Wildman–Crippen LogP) is 2.97. The molecule has 5 nitrogen and oxygen atoms in total. The Bertz CT molecular complexity index is 662. The van der Waals surface area contributed by atoms with Crippen molar-refractivity contribution in [2.24, 2.45) is 0 Å². The van der Waals surface area contributed by atoms with Crippen molar-refractivity contribution in [3.05, 3.63) is 66.8 Å². The van der Waals surface area contributed by atoms with Gasteiger partial charge in [-0.05, 0) is 38.1 Å². The van der Waals surface area contributed by atoms with Gasteiger partial charge in [0.25, 0.3) is 0 Å². The van der Waals surface area contributed by atoms with Crippen molar-refractivity contribution in [3.63, 3.8) is 0 Å². The summed E-state index contributed by atoms with van der Waals surface area (Å²) < 4.78 is 0. The molecule has 0 saturated heterocycles. The first-order chi connectivity index (χ1) is 11.4. The third-order valence-electron chi connectivity index (χ3n) is 3.23. The maximum absolute atomic E-state index is 12.3. The van der Waals surface area contributed by atoms with Gasteiger partial charge in [0.2, 0.25) is 11.8 Å². The van der Waals surface area contributed by atoms with E-state index in [1.165, 1.54) is 17.9 Å². The third-order valence-corrected chi connectivity index (χ3v) is 3.23. The lowest BCUT2D eigenvalue weighted by atomic mass is 10.1. The van der Waals surface area contributed by atoms with Crippen molar-refractivity contribution in [2.75, 3.05) is 18.4 Å². The molecule has 5 heteroatoms. The number of hydrogen-bond donors (Lipinski definition) is 1. The third kappa shape index (κ3) is 5.68. The van der Waals surface area contributed by atoms with Crippen LogP contribution in [0.5, 0.6) is 0 Å². The van der Waals surface area contributed by atoms with E-state index in [-0.39, 0.29) is 11.7 Å². The molecule has 0 spiro atoms. The average molecular weight is 326 g/mol. The Morgan fingerprint density at radius 1 is 1.04 bits per heavy atom. The van der Waals surface area contributed by atoms with Gasteiger partial charge in [-0.3, -0.25) is 14.4 Å². The van der Waals surface area contributed by atoms with E-state index in [0.717, 1.165) is 0 Å². The van der Waals surface area contributed by atoms with E-state index in [1.807, 2.05) is 0 Å². The minimum absolute atomic E-state index is 0.0428. The summed E-state index contributed by atoms with van der Waals surface area (Å²) >= 11 is 0. The molecule has 0 unspecified atom stereocenters. The number of hydrogen-bond acceptors (Lipinski definition) is 3. The number of anilines is 1. The highest BCUT2D eigenvalue weighted by molar-refractivity contribution is 6.06. The van der Waals surface area contributed by atoms with Gasteiger partial charge in [0.05, 0.1) is 0 Å². The molecule has 0 radical (unpaired) electrons. The van der Waals surface area contributed by atoms with Gasteiger partial charge < -0.3 is 10.2 Å². The lowest BCUT2D eigenvalue weighted by Crippen LogP contribution is -2.32. The topological polar surface area (TPSA) is 66.5 Å². The fourth-order valence-corrected chi connectivity index (χ4v) is 2.03. The smallest absolute Gasteiger partial charge is 0.250 e. The summed E-state index contributed by atoms with van der Waals surface area (Å²) in [6, 6.07) is 6.55. The van der Waals surface area contributed by atoms with Gasteiger partial charge in [-0.1, -0.05) is 12.2 Å². The number of rotatable bonds is 8. The molecule has 0 aliphatic rings. The van der Waals surface area contributed by atoms with Crippen LogP contribution in [0.3, 0.4) is 0 Å². The molecule has 2 amide bonds. The predicted molar refractivity (Wildman–Crippen MR) is 95.8 cm³/mol. The first kappa shape index (κ1) is 19.1. The maximum Gasteiger partial charge on any atom is 0.250 e. The fraction of sp³-hybridized carbons (Fsp3) is 0.211. The molecule has 0 aliphatic heterocycles. The second-order valence-electron chi connectivity index (χ2n) is 5.24. The summed E-state index contributed by atoms with van der Waals surface area (Å²) in [5.41, 5.74) is 1.44. The monoisotopic (exact) mass is 326 g/mol. The van der Waals surface area contributed by atoms with Crippen molar-refractivity contribution < 1.29 is 14.4 Å². The normalized spacial score (nSPS) is 10.7. The van der Waals surface area contributed by atoms with E-state index in [4.69, 9.17) is 0 Å². The number of amides is 2. The molecule has 1 aromatic carbocycles. The molecule has 0 fully saturated rings. The Morgan fingerprint density at radius 2 is 1.58 bits per heavy atom. The van der Waals surface area contributed by atoms with Gasteiger partial charge in [-0.2, -0.15) is 0 Å². The summed E-state index contributed by atoms with van der Waals surface area (Å²) in [6.45, 7) is 11.0. The minimum Gasteiger partial charge on any atom is -0.332 e. The second-order valence-corrected chi connectivity index (χ2v) is 5.24. The van der Waals surface area contributed by atoms with Gasteiger partial charge in [-0.25, -0.2) is 0 Å². The van der Waals surface area contributed by atoms with Crippen molar-refractivity contribution in [1.82, 2.24) is 4.90 Å². The van der Waals surface area contributed by atoms with Crippen LogP contribution < -0.4 is 5.32 Å². The molecule has 0 bridgehead atoms. The van der Waals surface area contributed by atoms with E-state index in [2.05, 4.69) is 18.5 Å². The molecule has 1 N–H and O–H groups in total. The van der Waals surface area contributed by atoms with Crippen LogP contribution in [0.2, 0.25) is 0 Å². The van der Waals surface area contributed by atoms with E-state index < -0.39 is 5.91 Å². The average Bonchev–Trinajstić information content (AvgIpc) is 2.54. The fourth-order valence-electron chi connectivity index (χ4n) is 2.03. The Kier molecular flexibility index (Phi) is 7.36. The van der Waals surface area contributed by atoms with Gasteiger partial charge >= 0.3 is 0 Å². The summed E-state index contributed by atoms with van der Waals surface area (Å²) in [7, 11) is 0. The first-order valence-corrected chi connectivity index (χ1v) is 7.50. The molecule has 1 aromatic rings. The van der Waals surface area contributed by atoms with Crippen LogP contribution in [-0.4, -0.2) is 35.6 Å². The Morgan fingerprint density at radius 3 is 2.04 bits per heavy atom. The highest BCUT2D eigenvalue weighted by Crippen LogP contribution is 2.11. The van der Waals surface area contributed by atoms with E-state index >= 15 is 0 Å². The van der Waals surface area contributed by atoms with E-state index in [9.17, 15) is 14.4 Å². The molecular formula is C19H22N2O3. The molecule has 1 rings (SSSR count). The van der Waals surface area contributed by atoms with Crippen LogP contribution in [-0.2, 0) is 9.59 Å². The zero-order valence-corrected chi connectivity index (χ0v) is 14.0. The Labute approximate surface area is 142 Å².